The molecule has 0 saturated carbocycles. The third kappa shape index (κ3) is 2.34. The molecule has 3 fully saturated rings. The number of imide groups is 1. The summed E-state index contributed by atoms with van der Waals surface area (Å²) in [5.74, 6) is -1.17. The zero-order chi connectivity index (χ0) is 16.9. The standard InChI is InChI=1S/C14H15N3O6S/c18-12-7-17(13(19)15-12)24(20,21)11-3-1-10(2-4-11)16-8-14(9-16)22-5-6-23-14/h1-4H,5-9H2,(H,15,18,19). The summed E-state index contributed by atoms with van der Waals surface area (Å²) in [7, 11) is -4.04. The van der Waals surface area contributed by atoms with Crippen LogP contribution >= 0.6 is 0 Å². The van der Waals surface area contributed by atoms with E-state index in [4.69, 9.17) is 9.47 Å². The number of hydrogen-bond donors (Lipinski definition) is 1. The molecule has 24 heavy (non-hydrogen) atoms. The molecule has 0 aromatic heterocycles. The third-order valence-corrected chi connectivity index (χ3v) is 5.97. The molecule has 9 nitrogen and oxygen atoms in total. The molecule has 0 unspecified atom stereocenters. The van der Waals surface area contributed by atoms with Gasteiger partial charge in [0.15, 0.2) is 0 Å². The van der Waals surface area contributed by atoms with Crippen LogP contribution < -0.4 is 10.2 Å². The molecule has 1 aromatic carbocycles. The van der Waals surface area contributed by atoms with Gasteiger partial charge in [0.1, 0.15) is 6.54 Å². The second-order valence-corrected chi connectivity index (χ2v) is 7.68. The smallest absolute Gasteiger partial charge is 0.338 e. The van der Waals surface area contributed by atoms with Gasteiger partial charge in [0.25, 0.3) is 10.0 Å². The predicted octanol–water partition coefficient (Wildman–Crippen LogP) is -0.510. The lowest BCUT2D eigenvalue weighted by Gasteiger charge is -2.47. The van der Waals surface area contributed by atoms with Crippen LogP contribution in [0.4, 0.5) is 10.5 Å². The number of sulfonamides is 1. The number of benzene rings is 1. The highest BCUT2D eigenvalue weighted by Crippen LogP contribution is 2.34. The first-order valence-corrected chi connectivity index (χ1v) is 8.83. The molecular formula is C14H15N3O6S. The summed E-state index contributed by atoms with van der Waals surface area (Å²) in [4.78, 5) is 24.7. The van der Waals surface area contributed by atoms with E-state index in [1.807, 2.05) is 10.2 Å². The SMILES string of the molecule is O=C1CN(S(=O)(=O)c2ccc(N3CC4(C3)OCCO4)cc2)C(=O)N1. The molecule has 1 aromatic rings. The average Bonchev–Trinajstić information content (AvgIpc) is 3.13. The average molecular weight is 353 g/mol. The Labute approximate surface area is 138 Å². The Morgan fingerprint density at radius 2 is 1.67 bits per heavy atom. The van der Waals surface area contributed by atoms with E-state index in [2.05, 4.69) is 0 Å². The summed E-state index contributed by atoms with van der Waals surface area (Å²) in [6, 6.07) is 5.23. The van der Waals surface area contributed by atoms with Crippen molar-refractivity contribution >= 4 is 27.6 Å². The number of amides is 3. The maximum atomic E-state index is 12.4. The minimum Gasteiger partial charge on any atom is -0.361 e. The van der Waals surface area contributed by atoms with Crippen molar-refractivity contribution in [1.82, 2.24) is 9.62 Å². The Kier molecular flexibility index (Phi) is 3.31. The molecule has 0 aliphatic carbocycles. The van der Waals surface area contributed by atoms with Gasteiger partial charge in [0, 0.05) is 5.69 Å². The van der Waals surface area contributed by atoms with Gasteiger partial charge < -0.3 is 14.4 Å². The van der Waals surface area contributed by atoms with Gasteiger partial charge in [-0.15, -0.1) is 0 Å². The molecule has 3 aliphatic rings. The minimum absolute atomic E-state index is 0.0419. The maximum absolute atomic E-state index is 12.4. The minimum atomic E-state index is -4.04. The number of rotatable bonds is 3. The first-order valence-electron chi connectivity index (χ1n) is 7.39. The number of ether oxygens (including phenoxy) is 2. The fraction of sp³-hybridized carbons (Fsp3) is 0.429. The highest BCUT2D eigenvalue weighted by atomic mass is 32.2. The van der Waals surface area contributed by atoms with Gasteiger partial charge in [0.05, 0.1) is 31.2 Å². The van der Waals surface area contributed by atoms with Gasteiger partial charge in [-0.05, 0) is 24.3 Å². The monoisotopic (exact) mass is 353 g/mol. The number of nitrogens with zero attached hydrogens (tertiary/aromatic N) is 2. The predicted molar refractivity (Wildman–Crippen MR) is 80.7 cm³/mol. The van der Waals surface area contributed by atoms with Gasteiger partial charge in [0.2, 0.25) is 11.7 Å². The van der Waals surface area contributed by atoms with E-state index in [0.29, 0.717) is 30.6 Å². The van der Waals surface area contributed by atoms with E-state index in [1.54, 1.807) is 12.1 Å². The Balaban J connectivity index is 1.50. The van der Waals surface area contributed by atoms with Crippen molar-refractivity contribution in [2.24, 2.45) is 0 Å². The molecular weight excluding hydrogens is 338 g/mol. The number of urea groups is 1. The summed E-state index contributed by atoms with van der Waals surface area (Å²) < 4.78 is 36.5. The van der Waals surface area contributed by atoms with Crippen LogP contribution in [0.5, 0.6) is 0 Å². The zero-order valence-corrected chi connectivity index (χ0v) is 13.4. The molecule has 128 valence electrons. The summed E-state index contributed by atoms with van der Waals surface area (Å²) in [5, 5.41) is 1.95. The zero-order valence-electron chi connectivity index (χ0n) is 12.6. The normalized spacial score (nSPS) is 22.8. The Hall–Kier alpha value is -2.17. The number of carbonyl (C=O) groups is 2. The highest BCUT2D eigenvalue weighted by Gasteiger charge is 2.48. The number of nitrogens with one attached hydrogen (secondary N) is 1. The van der Waals surface area contributed by atoms with Crippen molar-refractivity contribution in [3.8, 4) is 0 Å². The molecule has 3 amide bonds. The van der Waals surface area contributed by atoms with Gasteiger partial charge in [-0.1, -0.05) is 0 Å². The van der Waals surface area contributed by atoms with Crippen molar-refractivity contribution in [3.63, 3.8) is 0 Å². The summed E-state index contributed by atoms with van der Waals surface area (Å²) in [6.07, 6.45) is 0. The first-order chi connectivity index (χ1) is 11.4. The van der Waals surface area contributed by atoms with Gasteiger partial charge in [-0.3, -0.25) is 10.1 Å². The number of hydrogen-bond acceptors (Lipinski definition) is 7. The molecule has 0 radical (unpaired) electrons. The Morgan fingerprint density at radius 3 is 2.21 bits per heavy atom. The lowest BCUT2D eigenvalue weighted by Crippen LogP contribution is -2.62. The topological polar surface area (TPSA) is 105 Å². The van der Waals surface area contributed by atoms with Crippen LogP contribution in [0.2, 0.25) is 0 Å². The Morgan fingerprint density at radius 1 is 1.04 bits per heavy atom. The molecule has 0 atom stereocenters. The molecule has 3 aliphatic heterocycles. The second-order valence-electron chi connectivity index (χ2n) is 5.82. The number of carbonyl (C=O) groups excluding carboxylic acids is 2. The Bertz CT molecular complexity index is 792. The maximum Gasteiger partial charge on any atom is 0.338 e. The fourth-order valence-corrected chi connectivity index (χ4v) is 4.26. The van der Waals surface area contributed by atoms with E-state index in [9.17, 15) is 18.0 Å². The van der Waals surface area contributed by atoms with Crippen LogP contribution in [0.1, 0.15) is 0 Å². The van der Waals surface area contributed by atoms with E-state index >= 15 is 0 Å². The van der Waals surface area contributed by atoms with Crippen molar-refractivity contribution in [3.05, 3.63) is 24.3 Å². The van der Waals surface area contributed by atoms with Crippen molar-refractivity contribution in [2.75, 3.05) is 37.7 Å². The van der Waals surface area contributed by atoms with E-state index in [0.717, 1.165) is 5.69 Å². The summed E-state index contributed by atoms with van der Waals surface area (Å²) >= 11 is 0. The highest BCUT2D eigenvalue weighted by molar-refractivity contribution is 7.89. The van der Waals surface area contributed by atoms with Crippen LogP contribution in [-0.4, -0.2) is 63.3 Å². The van der Waals surface area contributed by atoms with E-state index in [1.165, 1.54) is 12.1 Å². The lowest BCUT2D eigenvalue weighted by molar-refractivity contribution is -0.172. The molecule has 1 spiro atoms. The van der Waals surface area contributed by atoms with E-state index < -0.39 is 34.3 Å². The van der Waals surface area contributed by atoms with Crippen molar-refractivity contribution < 1.29 is 27.5 Å². The van der Waals surface area contributed by atoms with Crippen LogP contribution in [0.15, 0.2) is 29.2 Å². The van der Waals surface area contributed by atoms with Crippen LogP contribution in [-0.2, 0) is 24.3 Å². The lowest BCUT2D eigenvalue weighted by atomic mass is 10.1. The quantitative estimate of drug-likeness (QED) is 0.730. The van der Waals surface area contributed by atoms with Gasteiger partial charge >= 0.3 is 6.03 Å². The van der Waals surface area contributed by atoms with Gasteiger partial charge in [-0.25, -0.2) is 17.5 Å². The molecule has 4 rings (SSSR count). The molecule has 0 bridgehead atoms. The summed E-state index contributed by atoms with van der Waals surface area (Å²) in [6.45, 7) is 1.85. The fourth-order valence-electron chi connectivity index (χ4n) is 2.97. The molecule has 3 heterocycles. The summed E-state index contributed by atoms with van der Waals surface area (Å²) in [5.41, 5.74) is 0.834. The first kappa shape index (κ1) is 15.4. The number of anilines is 1. The van der Waals surface area contributed by atoms with E-state index in [-0.39, 0.29) is 4.90 Å². The molecule has 10 heteroatoms. The molecule has 3 saturated heterocycles. The largest absolute Gasteiger partial charge is 0.361 e. The molecule has 1 N–H and O–H groups in total. The van der Waals surface area contributed by atoms with Crippen molar-refractivity contribution in [2.45, 2.75) is 10.7 Å². The van der Waals surface area contributed by atoms with Crippen LogP contribution in [0, 0.1) is 0 Å². The van der Waals surface area contributed by atoms with Gasteiger partial charge in [-0.2, -0.15) is 0 Å². The van der Waals surface area contributed by atoms with Crippen molar-refractivity contribution in [1.29, 1.82) is 0 Å². The van der Waals surface area contributed by atoms with Crippen LogP contribution in [0.25, 0.3) is 0 Å². The van der Waals surface area contributed by atoms with Crippen LogP contribution in [0.3, 0.4) is 0 Å². The third-order valence-electron chi connectivity index (χ3n) is 4.23. The second kappa shape index (κ2) is 5.16.